The number of amides is 1. The van der Waals surface area contributed by atoms with Gasteiger partial charge in [-0.05, 0) is 208 Å². The molecule has 0 fully saturated rings. The van der Waals surface area contributed by atoms with Crippen LogP contribution in [0.25, 0.3) is 0 Å². The Morgan fingerprint density at radius 1 is 0.479 bits per heavy atom. The molecule has 1 amide bonds. The first-order valence-electron chi connectivity index (χ1n) is 50.4. The van der Waals surface area contributed by atoms with E-state index in [0.29, 0.717) is 50.8 Å². The van der Waals surface area contributed by atoms with Gasteiger partial charge < -0.3 is 51.8 Å². The Bertz CT molecular complexity index is 8260. The maximum absolute atomic E-state index is 13.6. The van der Waals surface area contributed by atoms with Gasteiger partial charge in [0.05, 0.1) is 34.2 Å². The van der Waals surface area contributed by atoms with Crippen LogP contribution in [0.4, 0.5) is 29.2 Å². The van der Waals surface area contributed by atoms with Gasteiger partial charge >= 0.3 is 0 Å². The summed E-state index contributed by atoms with van der Waals surface area (Å²) < 4.78 is 463. The lowest BCUT2D eigenvalue weighted by Crippen LogP contribution is -2.20. The number of Topliss-reactive ketones (excluding diaryl/α,β-unsaturated/α-hetero) is 4. The topological polar surface area (TPSA) is 442 Å². The predicted molar refractivity (Wildman–Crippen MR) is 435 cm³/mol. The molecule has 614 valence electrons. The van der Waals surface area contributed by atoms with Crippen molar-refractivity contribution in [2.24, 2.45) is 0 Å². The van der Waals surface area contributed by atoms with E-state index in [2.05, 4.69) is 44.2 Å². The average molecular weight is 1850 g/mol. The molecule has 15 rings (SSSR count). The third-order valence-corrected chi connectivity index (χ3v) is 25.1. The van der Waals surface area contributed by atoms with Crippen molar-refractivity contribution >= 4 is 179 Å². The number of ketones is 4. The molecule has 0 saturated carbocycles. The zero-order valence-corrected chi connectivity index (χ0v) is 66.8. The molecule has 1 unspecified atom stereocenters. The van der Waals surface area contributed by atoms with E-state index in [1.54, 1.807) is 19.1 Å². The zero-order chi connectivity index (χ0) is 118. The molecule has 0 aliphatic carbocycles. The third-order valence-electron chi connectivity index (χ3n) is 14.7. The van der Waals surface area contributed by atoms with Crippen LogP contribution in [0.15, 0.2) is 132 Å². The smallest absolute Gasteiger partial charge is 0.267 e. The second-order valence-corrected chi connectivity index (χ2v) is 33.7. The van der Waals surface area contributed by atoms with E-state index in [-0.39, 0.29) is 41.0 Å². The van der Waals surface area contributed by atoms with Crippen molar-refractivity contribution in [2.45, 2.75) is 114 Å². The highest BCUT2D eigenvalue weighted by molar-refractivity contribution is 7.94. The fraction of sp³-hybridized carbons (Fsp3) is 0.230. The van der Waals surface area contributed by atoms with Gasteiger partial charge in [-0.3, -0.25) is 24.0 Å². The van der Waals surface area contributed by atoms with Crippen LogP contribution in [0, 0.1) is 68.7 Å². The second-order valence-electron chi connectivity index (χ2n) is 22.6. The van der Waals surface area contributed by atoms with Crippen LogP contribution < -0.4 is 52.6 Å². The molecule has 1 atom stereocenters. The predicted octanol–water partition coefficient (Wildman–Crippen LogP) is 16.1. The lowest BCUT2D eigenvalue weighted by molar-refractivity contribution is 0.0985. The highest BCUT2D eigenvalue weighted by Crippen LogP contribution is 2.41. The van der Waals surface area contributed by atoms with Gasteiger partial charge in [0, 0.05) is 67.3 Å². The van der Waals surface area contributed by atoms with Gasteiger partial charge in [0.25, 0.3) is 63.7 Å². The number of rotatable bonds is 24. The molecule has 8 aromatic heterocycles. The third kappa shape index (κ3) is 19.0. The number of ether oxygens (including phenoxy) is 6. The number of aryl methyl sites for hydroxylation is 6. The molecular formula is C74H66Cl3N9O23S8. The lowest BCUT2D eigenvalue weighted by Gasteiger charge is -2.14. The molecular weight excluding hydrogens is 1750 g/mol. The fourth-order valence-electron chi connectivity index (χ4n) is 9.40. The first-order valence-corrected chi connectivity index (χ1v) is 41.4. The Morgan fingerprint density at radius 3 is 1.25 bits per heavy atom. The normalized spacial score (nSPS) is 19.6. The molecule has 0 radical (unpaired) electrons. The van der Waals surface area contributed by atoms with Gasteiger partial charge in [-0.25, -0.2) is 52.5 Å². The van der Waals surface area contributed by atoms with Crippen LogP contribution in [-0.2, 0) is 59.2 Å². The highest BCUT2D eigenvalue weighted by atomic mass is 35.5. The quantitative estimate of drug-likeness (QED) is 0.0351. The SMILES string of the molecule is [2H]C([2H])([2H])c1c(C)noc1NS(=O)(=O)c1ccsc1C(=O)Nc1c(C)cc(C)cc1C(C)=O.[2H]c1c2c(c([2H])c(C([2H])([2H])C(=O)c3sccc3S(=O)(=O)N([2H])c3onc(C([2H])([2H])[2H])c3Cl)c1C([2H])([2H])[2H])OC([2H])([2H])O2.[2H]c1c2c(c([2H])c(C([2H])([2H])C(=O)c3sccc3S(=O)(=O)N([2H])c3onc(C([2H])([2H])[2H])c3Cl)c1C([2H])([2H])[2H])OC([2H])O2.[2H]c1c2c(c([2H])c(C([2H])([2H])C(=O)c3sccc3S(=O)(=O)N([2H])c3onc(C([2H])([2H])[2H])c3Cl)c1C([2H])([2H])[2H])OCO2. The molecule has 3 aliphatic heterocycles. The first kappa shape index (κ1) is 48.3. The van der Waals surface area contributed by atoms with Crippen molar-refractivity contribution in [3.63, 3.8) is 0 Å². The van der Waals surface area contributed by atoms with E-state index in [1.165, 1.54) is 25.3 Å². The second kappa shape index (κ2) is 34.9. The number of thiophene rings is 4. The van der Waals surface area contributed by atoms with Gasteiger partial charge in [-0.15, -0.1) is 45.3 Å². The number of carbonyl (C=O) groups excluding carboxylic acids is 5. The number of nitrogens with one attached hydrogen (secondary N) is 5. The summed E-state index contributed by atoms with van der Waals surface area (Å²) in [5, 5.41) is 17.8. The van der Waals surface area contributed by atoms with E-state index in [4.69, 9.17) is 121 Å². The summed E-state index contributed by atoms with van der Waals surface area (Å²) in [4.78, 5) is 59.9. The van der Waals surface area contributed by atoms with Gasteiger partial charge in [0.15, 0.2) is 61.9 Å². The number of sulfonamides is 4. The van der Waals surface area contributed by atoms with Gasteiger partial charge in [0.1, 0.15) is 60.7 Å². The Morgan fingerprint density at radius 2 is 0.846 bits per heavy atom. The van der Waals surface area contributed by atoms with Crippen molar-refractivity contribution in [3.8, 4) is 34.5 Å². The standard InChI is InChI=1S/C20H21N3O5S2.3C18H15ClN2O6S2/c1-10-8-11(2)17(15(9-10)14(5)24)21-19(25)18-16(6-7-29-18)30(26,27)23-20-12(3)13(4)22-28-20;3*1-9-5-13-14(26-8-25-13)7-11(9)6-12(22)17-15(3-4-28-17)29(23,24)21-18-16(19)10(2)20-27-18/h6-9,23H,1-5H3,(H,21,25);3*3-5,7,21H,6,8H2,1-2H3/i3D3;1D3,2D3,5D,6D2,7D,8D2;1D3,2D3,5D,6D2,7D,8D;1D3,2D3,5D,6D2,7D/hD3. The number of fused-ring (bicyclic) bond motifs is 3. The van der Waals surface area contributed by atoms with Gasteiger partial charge in [-0.2, -0.15) is 0 Å². The maximum Gasteiger partial charge on any atom is 0.267 e. The number of hydrogen-bond acceptors (Lipinski definition) is 31. The van der Waals surface area contributed by atoms with Crippen molar-refractivity contribution in [1.29, 1.82) is 0 Å². The number of carbonyl (C=O) groups is 5. The Hall–Kier alpha value is -10.7. The molecule has 43 heteroatoms. The maximum atomic E-state index is 13.6. The summed E-state index contributed by atoms with van der Waals surface area (Å²) in [5.74, 6) is -13.5. The van der Waals surface area contributed by atoms with Crippen molar-refractivity contribution in [3.05, 3.63) is 207 Å². The van der Waals surface area contributed by atoms with E-state index in [0.717, 1.165) is 51.2 Å². The van der Waals surface area contributed by atoms with E-state index in [1.807, 2.05) is 6.92 Å². The monoisotopic (exact) mass is 1850 g/mol. The van der Waals surface area contributed by atoms with Crippen molar-refractivity contribution in [1.82, 2.24) is 20.6 Å². The van der Waals surface area contributed by atoms with Crippen molar-refractivity contribution < 1.29 is 158 Å². The number of benzene rings is 4. The Balaban J connectivity index is 0.000000184. The molecule has 4 aromatic carbocycles. The average Bonchev–Trinajstić information content (AvgIpc) is 1.38. The van der Waals surface area contributed by atoms with Crippen LogP contribution >= 0.6 is 80.1 Å². The molecule has 117 heavy (non-hydrogen) atoms. The minimum Gasteiger partial charge on any atom is -0.454 e. The molecule has 32 nitrogen and oxygen atoms in total. The summed E-state index contributed by atoms with van der Waals surface area (Å²) in [6.45, 7) is -20.2. The molecule has 0 bridgehead atoms. The summed E-state index contributed by atoms with van der Waals surface area (Å²) >= 11 is 19.7. The van der Waals surface area contributed by atoms with E-state index >= 15 is 0 Å². The molecule has 11 heterocycles. The Kier molecular flexibility index (Phi) is 14.4. The number of anilines is 5. The van der Waals surface area contributed by atoms with E-state index < -0.39 is 340 Å². The Labute approximate surface area is 754 Å². The number of halogens is 3. The summed E-state index contributed by atoms with van der Waals surface area (Å²) in [6, 6.07) is 1.20. The fourth-order valence-corrected chi connectivity index (χ4v) is 18.9. The molecule has 12 aromatic rings. The number of nitrogens with zero attached hydrogens (tertiary/aromatic N) is 4. The minimum atomic E-state index is -5.17. The summed E-state index contributed by atoms with van der Waals surface area (Å²) in [5.41, 5.74) is -7.49. The number of aromatic nitrogens is 4. The van der Waals surface area contributed by atoms with Crippen LogP contribution in [0.3, 0.4) is 0 Å². The molecule has 3 aliphatic rings. The van der Waals surface area contributed by atoms with Gasteiger partial charge in [-0.1, -0.05) is 61.5 Å². The summed E-state index contributed by atoms with van der Waals surface area (Å²) in [7, 11) is -19.8. The van der Waals surface area contributed by atoms with Crippen molar-refractivity contribution in [2.75, 3.05) is 44.5 Å². The molecule has 0 spiro atoms. The largest absolute Gasteiger partial charge is 0.454 e. The van der Waals surface area contributed by atoms with E-state index in [9.17, 15) is 57.6 Å². The first-order chi connectivity index (χ1) is 71.0. The van der Waals surface area contributed by atoms with Crippen LogP contribution in [0.1, 0.15) is 178 Å². The zero-order valence-electron chi connectivity index (χ0n) is 97.0. The lowest BCUT2D eigenvalue weighted by atomic mass is 10.0. The van der Waals surface area contributed by atoms with Crippen LogP contribution in [-0.4, -0.2) is 104 Å². The summed E-state index contributed by atoms with van der Waals surface area (Å²) in [6.07, 6.45) is -10.4. The minimum absolute atomic E-state index is 0.0163. The van der Waals surface area contributed by atoms with Crippen LogP contribution in [0.5, 0.6) is 34.5 Å². The molecule has 0 saturated heterocycles. The van der Waals surface area contributed by atoms with Gasteiger partial charge in [0.2, 0.25) is 26.2 Å². The number of hydrogen-bond donors (Lipinski definition) is 5. The van der Waals surface area contributed by atoms with Crippen LogP contribution in [0.2, 0.25) is 19.3 Å². The highest BCUT2D eigenvalue weighted by Gasteiger charge is 2.34. The molecule has 5 N–H and O–H groups in total.